The average molecular weight is 270 g/mol. The average Bonchev–Trinajstić information content (AvgIpc) is 2.64. The Balaban J connectivity index is 2.38. The lowest BCUT2D eigenvalue weighted by atomic mass is 9.90. The summed E-state index contributed by atoms with van der Waals surface area (Å²) in [5.41, 5.74) is 0.406. The summed E-state index contributed by atoms with van der Waals surface area (Å²) in [7, 11) is 0. The van der Waals surface area contributed by atoms with Crippen molar-refractivity contribution in [2.24, 2.45) is 16.3 Å². The van der Waals surface area contributed by atoms with E-state index in [0.717, 1.165) is 12.5 Å². The Morgan fingerprint density at radius 2 is 1.94 bits per heavy atom. The summed E-state index contributed by atoms with van der Waals surface area (Å²) in [6.07, 6.45) is 3.73. The molecule has 0 aromatic heterocycles. The van der Waals surface area contributed by atoms with Gasteiger partial charge in [-0.05, 0) is 24.7 Å². The lowest BCUT2D eigenvalue weighted by molar-refractivity contribution is 0.375. The number of hydrogen-bond acceptors (Lipinski definition) is 3. The molecule has 2 atom stereocenters. The zero-order chi connectivity index (χ0) is 13.8. The van der Waals surface area contributed by atoms with Crippen molar-refractivity contribution >= 4 is 16.9 Å². The van der Waals surface area contributed by atoms with Crippen LogP contribution >= 0.6 is 11.8 Å². The molecule has 2 unspecified atom stereocenters. The van der Waals surface area contributed by atoms with E-state index in [1.165, 1.54) is 24.4 Å². The van der Waals surface area contributed by atoms with Crippen molar-refractivity contribution in [3.63, 3.8) is 0 Å². The van der Waals surface area contributed by atoms with Gasteiger partial charge in [0, 0.05) is 11.3 Å². The van der Waals surface area contributed by atoms with Crippen LogP contribution in [0.5, 0.6) is 0 Å². The quantitative estimate of drug-likeness (QED) is 0.805. The molecule has 0 spiro atoms. The van der Waals surface area contributed by atoms with Gasteiger partial charge < -0.3 is 5.32 Å². The van der Waals surface area contributed by atoms with Crippen LogP contribution in [0.2, 0.25) is 0 Å². The van der Waals surface area contributed by atoms with Gasteiger partial charge in [0.1, 0.15) is 0 Å². The lowest BCUT2D eigenvalue weighted by Crippen LogP contribution is -2.36. The number of rotatable bonds is 5. The highest BCUT2D eigenvalue weighted by Gasteiger charge is 2.26. The molecule has 1 heterocycles. The van der Waals surface area contributed by atoms with Crippen LogP contribution in [-0.2, 0) is 0 Å². The van der Waals surface area contributed by atoms with Crippen LogP contribution in [0.25, 0.3) is 0 Å². The van der Waals surface area contributed by atoms with Gasteiger partial charge in [-0.1, -0.05) is 59.2 Å². The molecule has 3 heteroatoms. The molecule has 18 heavy (non-hydrogen) atoms. The van der Waals surface area contributed by atoms with Crippen molar-refractivity contribution < 1.29 is 0 Å². The van der Waals surface area contributed by atoms with Crippen molar-refractivity contribution in [3.05, 3.63) is 0 Å². The van der Waals surface area contributed by atoms with E-state index in [2.05, 4.69) is 51.9 Å². The van der Waals surface area contributed by atoms with Crippen LogP contribution in [0.4, 0.5) is 0 Å². The van der Waals surface area contributed by atoms with Crippen molar-refractivity contribution in [1.29, 1.82) is 0 Å². The molecule has 2 nitrogen and oxygen atoms in total. The fraction of sp³-hybridized carbons (Fsp3) is 0.933. The smallest absolute Gasteiger partial charge is 0.157 e. The third kappa shape index (κ3) is 5.21. The van der Waals surface area contributed by atoms with Gasteiger partial charge in [-0.25, -0.2) is 0 Å². The zero-order valence-electron chi connectivity index (χ0n) is 12.9. The standard InChI is InChI=1S/C15H30N2S/c1-7-12(8-2)11(3)17-14-16-10-13(18-14)9-15(4,5)6/h11-13H,7-10H2,1-6H3,(H,16,17). The Bertz CT molecular complexity index is 277. The van der Waals surface area contributed by atoms with E-state index in [4.69, 9.17) is 0 Å². The Kier molecular flexibility index (Phi) is 6.03. The molecule has 0 amide bonds. The first-order valence-electron chi connectivity index (χ1n) is 7.33. The summed E-state index contributed by atoms with van der Waals surface area (Å²) in [6.45, 7) is 14.8. The van der Waals surface area contributed by atoms with Crippen LogP contribution in [0.3, 0.4) is 0 Å². The van der Waals surface area contributed by atoms with Crippen LogP contribution in [0, 0.1) is 11.3 Å². The Morgan fingerprint density at radius 1 is 1.33 bits per heavy atom. The fourth-order valence-electron chi connectivity index (χ4n) is 2.59. The number of hydrogen-bond donors (Lipinski definition) is 1. The van der Waals surface area contributed by atoms with Crippen LogP contribution < -0.4 is 5.32 Å². The number of nitrogens with zero attached hydrogens (tertiary/aromatic N) is 1. The van der Waals surface area contributed by atoms with Gasteiger partial charge in [0.2, 0.25) is 0 Å². The monoisotopic (exact) mass is 270 g/mol. The van der Waals surface area contributed by atoms with Gasteiger partial charge >= 0.3 is 0 Å². The number of thioether (sulfide) groups is 1. The zero-order valence-corrected chi connectivity index (χ0v) is 13.7. The summed E-state index contributed by atoms with van der Waals surface area (Å²) in [6, 6.07) is 0.541. The molecular formula is C15H30N2S. The van der Waals surface area contributed by atoms with E-state index in [0.29, 0.717) is 16.7 Å². The van der Waals surface area contributed by atoms with E-state index in [9.17, 15) is 0 Å². The van der Waals surface area contributed by atoms with Gasteiger partial charge in [0.15, 0.2) is 5.17 Å². The van der Waals surface area contributed by atoms with E-state index in [1.807, 2.05) is 11.8 Å². The molecule has 0 aliphatic carbocycles. The van der Waals surface area contributed by atoms with E-state index in [1.54, 1.807) is 0 Å². The summed E-state index contributed by atoms with van der Waals surface area (Å²) in [5, 5.41) is 5.45. The summed E-state index contributed by atoms with van der Waals surface area (Å²) in [4.78, 5) is 4.66. The van der Waals surface area contributed by atoms with Gasteiger partial charge in [0.05, 0.1) is 6.54 Å². The first-order chi connectivity index (χ1) is 8.35. The van der Waals surface area contributed by atoms with Crippen LogP contribution in [-0.4, -0.2) is 23.0 Å². The summed E-state index contributed by atoms with van der Waals surface area (Å²) in [5.74, 6) is 0.759. The molecule has 0 aromatic carbocycles. The van der Waals surface area contributed by atoms with Gasteiger partial charge in [-0.15, -0.1) is 0 Å². The molecule has 0 bridgehead atoms. The van der Waals surface area contributed by atoms with E-state index in [-0.39, 0.29) is 0 Å². The Morgan fingerprint density at radius 3 is 2.44 bits per heavy atom. The third-order valence-electron chi connectivity index (χ3n) is 3.66. The lowest BCUT2D eigenvalue weighted by Gasteiger charge is -2.24. The first-order valence-corrected chi connectivity index (χ1v) is 8.21. The largest absolute Gasteiger partial charge is 0.362 e. The molecule has 0 saturated heterocycles. The topological polar surface area (TPSA) is 24.4 Å². The van der Waals surface area contributed by atoms with Gasteiger partial charge in [0.25, 0.3) is 0 Å². The number of amidine groups is 1. The molecule has 1 N–H and O–H groups in total. The second-order valence-electron chi connectivity index (χ2n) is 6.66. The third-order valence-corrected chi connectivity index (χ3v) is 4.78. The number of aliphatic imine (C=N–C) groups is 1. The van der Waals surface area contributed by atoms with Crippen molar-refractivity contribution in [2.45, 2.75) is 72.1 Å². The minimum atomic E-state index is 0.406. The summed E-state index contributed by atoms with van der Waals surface area (Å²) < 4.78 is 0. The first kappa shape index (κ1) is 15.9. The second-order valence-corrected chi connectivity index (χ2v) is 7.95. The number of nitrogens with one attached hydrogen (secondary N) is 1. The molecular weight excluding hydrogens is 240 g/mol. The normalized spacial score (nSPS) is 22.2. The maximum absolute atomic E-state index is 4.66. The van der Waals surface area contributed by atoms with Gasteiger partial charge in [-0.3, -0.25) is 4.99 Å². The van der Waals surface area contributed by atoms with Crippen LogP contribution in [0.15, 0.2) is 4.99 Å². The predicted octanol–water partition coefficient (Wildman–Crippen LogP) is 4.31. The molecule has 1 rings (SSSR count). The van der Waals surface area contributed by atoms with Gasteiger partial charge in [-0.2, -0.15) is 0 Å². The van der Waals surface area contributed by atoms with Crippen molar-refractivity contribution in [1.82, 2.24) is 5.32 Å². The maximum atomic E-state index is 4.66. The minimum Gasteiger partial charge on any atom is -0.362 e. The highest BCUT2D eigenvalue weighted by atomic mass is 32.2. The SMILES string of the molecule is CCC(CC)C(C)NC1=NCC(CC(C)(C)C)S1. The van der Waals surface area contributed by atoms with E-state index < -0.39 is 0 Å². The molecule has 0 fully saturated rings. The van der Waals surface area contributed by atoms with Crippen molar-refractivity contribution in [2.75, 3.05) is 6.54 Å². The van der Waals surface area contributed by atoms with Crippen molar-refractivity contribution in [3.8, 4) is 0 Å². The summed E-state index contributed by atoms with van der Waals surface area (Å²) >= 11 is 1.94. The Labute approximate surface area is 117 Å². The Hall–Kier alpha value is -0.180. The maximum Gasteiger partial charge on any atom is 0.157 e. The predicted molar refractivity (Wildman–Crippen MR) is 84.4 cm³/mol. The highest BCUT2D eigenvalue weighted by Crippen LogP contribution is 2.31. The molecule has 106 valence electrons. The second kappa shape index (κ2) is 6.83. The highest BCUT2D eigenvalue weighted by molar-refractivity contribution is 8.14. The fourth-order valence-corrected chi connectivity index (χ4v) is 4.05. The minimum absolute atomic E-state index is 0.406. The molecule has 1 aliphatic rings. The molecule has 0 aromatic rings. The molecule has 0 radical (unpaired) electrons. The molecule has 0 saturated carbocycles. The molecule has 1 aliphatic heterocycles. The van der Waals surface area contributed by atoms with Crippen LogP contribution in [0.1, 0.15) is 60.8 Å². The van der Waals surface area contributed by atoms with E-state index >= 15 is 0 Å².